The summed E-state index contributed by atoms with van der Waals surface area (Å²) in [6.07, 6.45) is -4.42. The third-order valence-electron chi connectivity index (χ3n) is 3.29. The van der Waals surface area contributed by atoms with Gasteiger partial charge in [-0.05, 0) is 45.9 Å². The number of amides is 1. The van der Waals surface area contributed by atoms with E-state index in [2.05, 4.69) is 10.4 Å². The molecule has 0 aliphatic carbocycles. The van der Waals surface area contributed by atoms with Gasteiger partial charge >= 0.3 is 6.18 Å². The van der Waals surface area contributed by atoms with Crippen molar-refractivity contribution in [2.24, 2.45) is 0 Å². The molecule has 1 amide bonds. The molecule has 0 spiro atoms. The summed E-state index contributed by atoms with van der Waals surface area (Å²) in [4.78, 5) is 12.2. The third kappa shape index (κ3) is 4.15. The fourth-order valence-corrected chi connectivity index (χ4v) is 2.26. The second-order valence-corrected chi connectivity index (χ2v) is 6.51. The zero-order chi connectivity index (χ0) is 18.1. The van der Waals surface area contributed by atoms with Crippen LogP contribution in [0, 0.1) is 0 Å². The van der Waals surface area contributed by atoms with E-state index in [4.69, 9.17) is 0 Å². The number of nitrogens with zero attached hydrogens (tertiary/aromatic N) is 2. The standard InChI is InChI=1S/C17H20F3N3O/c1-5-23-14(10-13(22-23)15(24)21-16(2,3)4)11-7-6-8-12(9-11)17(18,19)20/h6-10H,5H2,1-4H3,(H,21,24). The number of aromatic nitrogens is 2. The van der Waals surface area contributed by atoms with E-state index in [1.807, 2.05) is 27.7 Å². The van der Waals surface area contributed by atoms with E-state index in [0.717, 1.165) is 12.1 Å². The smallest absolute Gasteiger partial charge is 0.346 e. The number of aryl methyl sites for hydroxylation is 1. The van der Waals surface area contributed by atoms with Crippen molar-refractivity contribution in [2.45, 2.75) is 46.0 Å². The second-order valence-electron chi connectivity index (χ2n) is 6.51. The zero-order valence-corrected chi connectivity index (χ0v) is 14.0. The monoisotopic (exact) mass is 339 g/mol. The molecule has 130 valence electrons. The Morgan fingerprint density at radius 3 is 2.42 bits per heavy atom. The summed E-state index contributed by atoms with van der Waals surface area (Å²) in [5.74, 6) is -0.358. The highest BCUT2D eigenvalue weighted by Crippen LogP contribution is 2.32. The lowest BCUT2D eigenvalue weighted by Gasteiger charge is -2.19. The van der Waals surface area contributed by atoms with Crippen molar-refractivity contribution in [3.8, 4) is 11.3 Å². The molecule has 24 heavy (non-hydrogen) atoms. The topological polar surface area (TPSA) is 46.9 Å². The van der Waals surface area contributed by atoms with Gasteiger partial charge in [0.15, 0.2) is 5.69 Å². The van der Waals surface area contributed by atoms with E-state index in [1.54, 1.807) is 6.07 Å². The van der Waals surface area contributed by atoms with Crippen LogP contribution in [-0.4, -0.2) is 21.2 Å². The maximum Gasteiger partial charge on any atom is 0.416 e. The average molecular weight is 339 g/mol. The Labute approximate surface area is 138 Å². The Bertz CT molecular complexity index is 742. The molecule has 4 nitrogen and oxygen atoms in total. The Hall–Kier alpha value is -2.31. The molecule has 7 heteroatoms. The Morgan fingerprint density at radius 1 is 1.21 bits per heavy atom. The maximum atomic E-state index is 12.9. The molecule has 0 aliphatic heterocycles. The number of rotatable bonds is 3. The molecule has 2 aromatic rings. The summed E-state index contributed by atoms with van der Waals surface area (Å²) in [5.41, 5.74) is -0.135. The van der Waals surface area contributed by atoms with E-state index in [0.29, 0.717) is 17.8 Å². The lowest BCUT2D eigenvalue weighted by molar-refractivity contribution is -0.137. The van der Waals surface area contributed by atoms with Crippen LogP contribution in [0.25, 0.3) is 11.3 Å². The predicted octanol–water partition coefficient (Wildman–Crippen LogP) is 4.12. The molecule has 1 heterocycles. The molecule has 0 saturated heterocycles. The predicted molar refractivity (Wildman–Crippen MR) is 85.6 cm³/mol. The fourth-order valence-electron chi connectivity index (χ4n) is 2.26. The Balaban J connectivity index is 2.43. The number of hydrogen-bond acceptors (Lipinski definition) is 2. The lowest BCUT2D eigenvalue weighted by Crippen LogP contribution is -2.40. The first-order valence-electron chi connectivity index (χ1n) is 7.59. The van der Waals surface area contributed by atoms with Crippen LogP contribution in [0.4, 0.5) is 13.2 Å². The zero-order valence-electron chi connectivity index (χ0n) is 14.0. The minimum atomic E-state index is -4.42. The van der Waals surface area contributed by atoms with Crippen LogP contribution in [-0.2, 0) is 12.7 Å². The van der Waals surface area contributed by atoms with Gasteiger partial charge in [-0.25, -0.2) is 0 Å². The lowest BCUT2D eigenvalue weighted by atomic mass is 10.1. The summed E-state index contributed by atoms with van der Waals surface area (Å²) in [7, 11) is 0. The Morgan fingerprint density at radius 2 is 1.88 bits per heavy atom. The molecule has 1 aromatic heterocycles. The van der Waals surface area contributed by atoms with Gasteiger partial charge in [-0.3, -0.25) is 9.48 Å². The van der Waals surface area contributed by atoms with Crippen LogP contribution < -0.4 is 5.32 Å². The molecule has 0 bridgehead atoms. The van der Waals surface area contributed by atoms with Gasteiger partial charge in [0.05, 0.1) is 11.3 Å². The van der Waals surface area contributed by atoms with Crippen molar-refractivity contribution in [1.82, 2.24) is 15.1 Å². The number of nitrogens with one attached hydrogen (secondary N) is 1. The van der Waals surface area contributed by atoms with Gasteiger partial charge in [0.2, 0.25) is 0 Å². The van der Waals surface area contributed by atoms with Gasteiger partial charge < -0.3 is 5.32 Å². The minimum absolute atomic E-state index is 0.180. The molecule has 0 fully saturated rings. The van der Waals surface area contributed by atoms with Crippen molar-refractivity contribution in [3.05, 3.63) is 41.6 Å². The summed E-state index contributed by atoms with van der Waals surface area (Å²) >= 11 is 0. The summed E-state index contributed by atoms with van der Waals surface area (Å²) in [6, 6.07) is 6.52. The average Bonchev–Trinajstić information content (AvgIpc) is 2.89. The maximum absolute atomic E-state index is 12.9. The largest absolute Gasteiger partial charge is 0.416 e. The molecule has 1 N–H and O–H groups in total. The van der Waals surface area contributed by atoms with Crippen LogP contribution in [0.1, 0.15) is 43.7 Å². The van der Waals surface area contributed by atoms with E-state index in [1.165, 1.54) is 16.8 Å². The van der Waals surface area contributed by atoms with Crippen LogP contribution in [0.5, 0.6) is 0 Å². The molecule has 1 aromatic carbocycles. The first kappa shape index (κ1) is 18.0. The molecular weight excluding hydrogens is 319 g/mol. The number of halogens is 3. The highest BCUT2D eigenvalue weighted by atomic mass is 19.4. The van der Waals surface area contributed by atoms with Gasteiger partial charge in [0.25, 0.3) is 5.91 Å². The fraction of sp³-hybridized carbons (Fsp3) is 0.412. The van der Waals surface area contributed by atoms with Gasteiger partial charge in [-0.15, -0.1) is 0 Å². The molecule has 0 saturated carbocycles. The van der Waals surface area contributed by atoms with Gasteiger partial charge in [-0.2, -0.15) is 18.3 Å². The number of hydrogen-bond donors (Lipinski definition) is 1. The van der Waals surface area contributed by atoms with E-state index in [-0.39, 0.29) is 11.6 Å². The number of benzene rings is 1. The van der Waals surface area contributed by atoms with Crippen molar-refractivity contribution in [1.29, 1.82) is 0 Å². The second kappa shape index (κ2) is 6.30. The van der Waals surface area contributed by atoms with Crippen LogP contribution in [0.15, 0.2) is 30.3 Å². The van der Waals surface area contributed by atoms with Crippen molar-refractivity contribution in [2.75, 3.05) is 0 Å². The quantitative estimate of drug-likeness (QED) is 0.914. The van der Waals surface area contributed by atoms with Crippen LogP contribution in [0.3, 0.4) is 0 Å². The minimum Gasteiger partial charge on any atom is -0.346 e. The van der Waals surface area contributed by atoms with Gasteiger partial charge in [-0.1, -0.05) is 12.1 Å². The molecule has 0 aliphatic rings. The van der Waals surface area contributed by atoms with Gasteiger partial charge in [0.1, 0.15) is 0 Å². The van der Waals surface area contributed by atoms with Crippen LogP contribution in [0.2, 0.25) is 0 Å². The first-order valence-corrected chi connectivity index (χ1v) is 7.59. The first-order chi connectivity index (χ1) is 11.0. The summed E-state index contributed by atoms with van der Waals surface area (Å²) < 4.78 is 40.2. The highest BCUT2D eigenvalue weighted by molar-refractivity contribution is 5.93. The number of alkyl halides is 3. The number of carbonyl (C=O) groups is 1. The van der Waals surface area contributed by atoms with Crippen molar-refractivity contribution < 1.29 is 18.0 Å². The van der Waals surface area contributed by atoms with Gasteiger partial charge in [0, 0.05) is 17.6 Å². The van der Waals surface area contributed by atoms with E-state index < -0.39 is 17.3 Å². The summed E-state index contributed by atoms with van der Waals surface area (Å²) in [5, 5.41) is 7.00. The van der Waals surface area contributed by atoms with E-state index in [9.17, 15) is 18.0 Å². The van der Waals surface area contributed by atoms with Crippen LogP contribution >= 0.6 is 0 Å². The third-order valence-corrected chi connectivity index (χ3v) is 3.29. The molecular formula is C17H20F3N3O. The SMILES string of the molecule is CCn1nc(C(=O)NC(C)(C)C)cc1-c1cccc(C(F)(F)F)c1. The number of carbonyl (C=O) groups excluding carboxylic acids is 1. The van der Waals surface area contributed by atoms with Crippen molar-refractivity contribution >= 4 is 5.91 Å². The molecule has 2 rings (SSSR count). The molecule has 0 radical (unpaired) electrons. The summed E-state index contributed by atoms with van der Waals surface area (Å²) in [6.45, 7) is 7.78. The molecule has 0 atom stereocenters. The van der Waals surface area contributed by atoms with E-state index >= 15 is 0 Å². The molecule has 0 unspecified atom stereocenters. The normalized spacial score (nSPS) is 12.3. The Kier molecular flexibility index (Phi) is 4.73. The van der Waals surface area contributed by atoms with Crippen molar-refractivity contribution in [3.63, 3.8) is 0 Å². The highest BCUT2D eigenvalue weighted by Gasteiger charge is 2.30.